The first-order valence-corrected chi connectivity index (χ1v) is 8.55. The molecule has 0 aromatic heterocycles. The summed E-state index contributed by atoms with van der Waals surface area (Å²) in [5.41, 5.74) is 6.82. The van der Waals surface area contributed by atoms with Crippen LogP contribution in [0.1, 0.15) is 54.9 Å². The molecule has 2 rings (SSSR count). The van der Waals surface area contributed by atoms with Crippen molar-refractivity contribution in [3.63, 3.8) is 0 Å². The van der Waals surface area contributed by atoms with E-state index in [0.29, 0.717) is 17.4 Å². The first kappa shape index (κ1) is 18.3. The summed E-state index contributed by atoms with van der Waals surface area (Å²) in [6.45, 7) is 15.8. The summed E-state index contributed by atoms with van der Waals surface area (Å²) in [5, 5.41) is 0. The first-order chi connectivity index (χ1) is 9.46. The van der Waals surface area contributed by atoms with Gasteiger partial charge < -0.3 is 0 Å². The molecule has 0 aliphatic heterocycles. The lowest BCUT2D eigenvalue weighted by molar-refractivity contribution is 0.297. The van der Waals surface area contributed by atoms with Gasteiger partial charge in [-0.2, -0.15) is 0 Å². The zero-order valence-corrected chi connectivity index (χ0v) is 15.2. The van der Waals surface area contributed by atoms with E-state index in [1.54, 1.807) is 23.6 Å². The summed E-state index contributed by atoms with van der Waals surface area (Å²) >= 11 is 0. The fourth-order valence-electron chi connectivity index (χ4n) is 2.68. The van der Waals surface area contributed by atoms with Gasteiger partial charge in [0.1, 0.15) is 6.61 Å². The molecular formula is C17H28O3P+. The second-order valence-electron chi connectivity index (χ2n) is 7.50. The Balaban J connectivity index is 0.000000315. The van der Waals surface area contributed by atoms with Crippen LogP contribution in [0.15, 0.2) is 34.4 Å². The minimum absolute atomic E-state index is 0.293. The molecule has 1 atom stereocenters. The van der Waals surface area contributed by atoms with Crippen LogP contribution in [-0.2, 0) is 9.09 Å². The van der Waals surface area contributed by atoms with E-state index >= 15 is 0 Å². The van der Waals surface area contributed by atoms with Crippen molar-refractivity contribution >= 4 is 8.25 Å². The molecule has 0 spiro atoms. The Kier molecular flexibility index (Phi) is 5.71. The van der Waals surface area contributed by atoms with Crippen molar-refractivity contribution in [1.82, 2.24) is 0 Å². The predicted molar refractivity (Wildman–Crippen MR) is 88.2 cm³/mol. The Morgan fingerprint density at radius 3 is 2.00 bits per heavy atom. The molecule has 118 valence electrons. The minimum Gasteiger partial charge on any atom is -0.133 e. The smallest absolute Gasteiger partial charge is 0.133 e. The topological polar surface area (TPSA) is 46.5 Å². The Bertz CT molecular complexity index is 511. The molecule has 0 radical (unpaired) electrons. The van der Waals surface area contributed by atoms with Gasteiger partial charge in [0.25, 0.3) is 0 Å². The maximum atomic E-state index is 9.53. The third-order valence-corrected chi connectivity index (χ3v) is 4.03. The highest BCUT2D eigenvalue weighted by atomic mass is 31.1. The molecule has 2 aliphatic rings. The monoisotopic (exact) mass is 311 g/mol. The zero-order chi connectivity index (χ0) is 16.4. The number of rotatable bonds is 2. The third kappa shape index (κ3) is 4.88. The van der Waals surface area contributed by atoms with Gasteiger partial charge in [-0.05, 0) is 46.5 Å². The molecule has 0 saturated carbocycles. The summed E-state index contributed by atoms with van der Waals surface area (Å²) in [7, 11) is -2.35. The van der Waals surface area contributed by atoms with Gasteiger partial charge in [-0.15, -0.1) is 9.42 Å². The van der Waals surface area contributed by atoms with Crippen molar-refractivity contribution in [3.8, 4) is 0 Å². The van der Waals surface area contributed by atoms with Crippen LogP contribution in [0.4, 0.5) is 0 Å². The average Bonchev–Trinajstić information content (AvgIpc) is 2.86. The van der Waals surface area contributed by atoms with Crippen LogP contribution in [0.5, 0.6) is 0 Å². The van der Waals surface area contributed by atoms with E-state index in [4.69, 9.17) is 4.89 Å². The summed E-state index contributed by atoms with van der Waals surface area (Å²) < 4.78 is 13.6. The Labute approximate surface area is 129 Å². The van der Waals surface area contributed by atoms with E-state index in [1.165, 1.54) is 12.0 Å². The highest BCUT2D eigenvalue weighted by Gasteiger charge is 2.34. The standard InChI is InChI=1S/C15H22.C2H5O3P/c1-14(2,3)12-8-10-7-11(12)13(9-10)15(4,5)6;1-2-5-6(3)4/h8-9H,7H2,1-6H3;2H2,1H3/p+1. The molecule has 0 aromatic rings. The summed E-state index contributed by atoms with van der Waals surface area (Å²) in [5.74, 6) is 0. The largest absolute Gasteiger partial charge is 0.694 e. The van der Waals surface area contributed by atoms with Gasteiger partial charge in [0.05, 0.1) is 0 Å². The van der Waals surface area contributed by atoms with Crippen LogP contribution >= 0.6 is 8.25 Å². The van der Waals surface area contributed by atoms with Crippen molar-refractivity contribution < 1.29 is 14.0 Å². The fraction of sp³-hybridized carbons (Fsp3) is 0.647. The molecule has 2 aliphatic carbocycles. The number of allylic oxidation sites excluding steroid dienone is 6. The van der Waals surface area contributed by atoms with Gasteiger partial charge in [-0.1, -0.05) is 53.7 Å². The molecule has 0 amide bonds. The lowest BCUT2D eigenvalue weighted by Gasteiger charge is -2.28. The normalized spacial score (nSPS) is 18.2. The highest BCUT2D eigenvalue weighted by molar-refractivity contribution is 7.32. The molecule has 1 N–H and O–H groups in total. The van der Waals surface area contributed by atoms with Crippen LogP contribution in [0.25, 0.3) is 0 Å². The van der Waals surface area contributed by atoms with Crippen LogP contribution in [0.3, 0.4) is 0 Å². The van der Waals surface area contributed by atoms with Crippen LogP contribution in [-0.4, -0.2) is 11.5 Å². The van der Waals surface area contributed by atoms with Crippen molar-refractivity contribution in [2.75, 3.05) is 6.61 Å². The lowest BCUT2D eigenvalue weighted by atomic mass is 9.76. The quantitative estimate of drug-likeness (QED) is 0.702. The van der Waals surface area contributed by atoms with Gasteiger partial charge in [0.2, 0.25) is 0 Å². The fourth-order valence-corrected chi connectivity index (χ4v) is 2.90. The third-order valence-electron chi connectivity index (χ3n) is 3.55. The molecule has 21 heavy (non-hydrogen) atoms. The van der Waals surface area contributed by atoms with E-state index in [0.717, 1.165) is 0 Å². The van der Waals surface area contributed by atoms with Crippen molar-refractivity contribution in [2.45, 2.75) is 54.9 Å². The van der Waals surface area contributed by atoms with Crippen LogP contribution in [0, 0.1) is 10.8 Å². The molecular weight excluding hydrogens is 283 g/mol. The van der Waals surface area contributed by atoms with E-state index < -0.39 is 8.25 Å². The van der Waals surface area contributed by atoms with Gasteiger partial charge >= 0.3 is 8.25 Å². The Morgan fingerprint density at radius 2 is 1.71 bits per heavy atom. The summed E-state index contributed by atoms with van der Waals surface area (Å²) in [4.78, 5) is 7.84. The molecule has 0 aromatic carbocycles. The van der Waals surface area contributed by atoms with Gasteiger partial charge in [-0.25, -0.2) is 0 Å². The summed E-state index contributed by atoms with van der Waals surface area (Å²) in [6, 6.07) is 0. The van der Waals surface area contributed by atoms with Crippen LogP contribution < -0.4 is 0 Å². The SMILES string of the molecule is CC(C)(C)C1=CC2=CC(C(C)(C)C)=C1C2.CCO[P+](=O)O. The first-order valence-electron chi connectivity index (χ1n) is 7.42. The second kappa shape index (κ2) is 6.56. The van der Waals surface area contributed by atoms with E-state index in [-0.39, 0.29) is 0 Å². The van der Waals surface area contributed by atoms with Gasteiger partial charge in [0.15, 0.2) is 0 Å². The number of hydrogen-bond donors (Lipinski definition) is 1. The molecule has 3 nitrogen and oxygen atoms in total. The zero-order valence-electron chi connectivity index (χ0n) is 14.3. The summed E-state index contributed by atoms with van der Waals surface area (Å²) in [6.07, 6.45) is 5.97. The van der Waals surface area contributed by atoms with Gasteiger partial charge in [0, 0.05) is 4.57 Å². The molecule has 1 unspecified atom stereocenters. The van der Waals surface area contributed by atoms with Gasteiger partial charge in [-0.3, -0.25) is 0 Å². The Hall–Kier alpha value is -0.760. The maximum Gasteiger partial charge on any atom is 0.694 e. The lowest BCUT2D eigenvalue weighted by Crippen LogP contribution is -2.15. The number of hydrogen-bond acceptors (Lipinski definition) is 2. The van der Waals surface area contributed by atoms with E-state index in [1.807, 2.05) is 0 Å². The predicted octanol–water partition coefficient (Wildman–Crippen LogP) is 5.32. The average molecular weight is 311 g/mol. The van der Waals surface area contributed by atoms with E-state index in [9.17, 15) is 4.57 Å². The maximum absolute atomic E-state index is 9.53. The van der Waals surface area contributed by atoms with Crippen LogP contribution in [0.2, 0.25) is 0 Å². The van der Waals surface area contributed by atoms with E-state index in [2.05, 4.69) is 58.2 Å². The molecule has 2 bridgehead atoms. The van der Waals surface area contributed by atoms with Crippen molar-refractivity contribution in [2.24, 2.45) is 10.8 Å². The second-order valence-corrected chi connectivity index (χ2v) is 8.24. The molecule has 0 fully saturated rings. The number of fused-ring (bicyclic) bond motifs is 2. The molecule has 0 heterocycles. The molecule has 0 saturated heterocycles. The Morgan fingerprint density at radius 1 is 1.14 bits per heavy atom. The molecule has 4 heteroatoms. The highest BCUT2D eigenvalue weighted by Crippen LogP contribution is 2.50. The van der Waals surface area contributed by atoms with Crippen molar-refractivity contribution in [1.29, 1.82) is 0 Å². The minimum atomic E-state index is -2.35. The van der Waals surface area contributed by atoms with Crippen molar-refractivity contribution in [3.05, 3.63) is 34.4 Å².